The Hall–Kier alpha value is -1.67. The molecule has 1 unspecified atom stereocenters. The predicted molar refractivity (Wildman–Crippen MR) is 105 cm³/mol. The fourth-order valence-corrected chi connectivity index (χ4v) is 3.35. The number of allylic oxidation sites excluding steroid dienone is 9. The summed E-state index contributed by atoms with van der Waals surface area (Å²) in [7, 11) is 4.33. The highest BCUT2D eigenvalue weighted by molar-refractivity contribution is 5.66. The van der Waals surface area contributed by atoms with Crippen LogP contribution in [0.3, 0.4) is 0 Å². The Bertz CT molecular complexity index is 597. The van der Waals surface area contributed by atoms with Crippen LogP contribution in [0.25, 0.3) is 0 Å². The molecule has 2 heteroatoms. The number of hydrogen-bond acceptors (Lipinski definition) is 2. The Morgan fingerprint density at radius 1 is 1.12 bits per heavy atom. The van der Waals surface area contributed by atoms with Crippen molar-refractivity contribution in [3.8, 4) is 0 Å². The molecule has 0 fully saturated rings. The molecule has 0 saturated carbocycles. The molecule has 0 saturated heterocycles. The van der Waals surface area contributed by atoms with Crippen LogP contribution >= 0.6 is 0 Å². The minimum atomic E-state index is 0.229. The van der Waals surface area contributed by atoms with E-state index in [2.05, 4.69) is 64.9 Å². The molecule has 132 valence electrons. The molecule has 1 aliphatic rings. The van der Waals surface area contributed by atoms with E-state index in [9.17, 15) is 4.79 Å². The van der Waals surface area contributed by atoms with Crippen molar-refractivity contribution in [3.05, 3.63) is 58.7 Å². The minimum absolute atomic E-state index is 0.229. The summed E-state index contributed by atoms with van der Waals surface area (Å²) in [5, 5.41) is 0. The lowest BCUT2D eigenvalue weighted by molar-refractivity contribution is -0.104. The Morgan fingerprint density at radius 2 is 1.75 bits per heavy atom. The van der Waals surface area contributed by atoms with Gasteiger partial charge in [-0.1, -0.05) is 55.4 Å². The third-order valence-corrected chi connectivity index (χ3v) is 4.88. The standard InChI is InChI=1S/C22H33NO/c1-17(9-8-10-18(2)14-16-24)11-12-20-19(3)21(23(6)7)13-15-22(20,4)5/h8-12,14,16,21H,13,15H2,1-7H3/b10-8+,12-11+,17-9+,18-14+. The maximum atomic E-state index is 10.4. The van der Waals surface area contributed by atoms with Crippen molar-refractivity contribution in [2.75, 3.05) is 14.1 Å². The molecule has 1 atom stereocenters. The first kappa shape index (κ1) is 20.4. The molecule has 0 bridgehead atoms. The molecule has 0 aromatic heterocycles. The average Bonchev–Trinajstić information content (AvgIpc) is 2.46. The summed E-state index contributed by atoms with van der Waals surface area (Å²) in [6.07, 6.45) is 15.3. The number of likely N-dealkylation sites (N-methyl/N-ethyl adjacent to an activating group) is 1. The SMILES string of the molecule is CC1=C(/C=C/C(C)=C/C=C/C(C)=C/C=O)C(C)(C)CCC1N(C)C. The molecule has 1 aliphatic carbocycles. The maximum absolute atomic E-state index is 10.4. The van der Waals surface area contributed by atoms with Crippen molar-refractivity contribution in [1.29, 1.82) is 0 Å². The number of hydrogen-bond donors (Lipinski definition) is 0. The van der Waals surface area contributed by atoms with Crippen molar-refractivity contribution in [3.63, 3.8) is 0 Å². The molecule has 0 aromatic carbocycles. The lowest BCUT2D eigenvalue weighted by Gasteiger charge is -2.40. The van der Waals surface area contributed by atoms with Gasteiger partial charge in [0.25, 0.3) is 0 Å². The van der Waals surface area contributed by atoms with E-state index in [0.717, 1.165) is 11.9 Å². The van der Waals surface area contributed by atoms with E-state index in [1.807, 2.05) is 19.1 Å². The third-order valence-electron chi connectivity index (χ3n) is 4.88. The number of carbonyl (C=O) groups excluding carboxylic acids is 1. The topological polar surface area (TPSA) is 20.3 Å². The van der Waals surface area contributed by atoms with Crippen molar-refractivity contribution in [2.45, 2.75) is 53.5 Å². The quantitative estimate of drug-likeness (QED) is 0.377. The molecular formula is C22H33NO. The van der Waals surface area contributed by atoms with E-state index in [-0.39, 0.29) is 5.41 Å². The molecule has 24 heavy (non-hydrogen) atoms. The fourth-order valence-electron chi connectivity index (χ4n) is 3.35. The first-order chi connectivity index (χ1) is 11.2. The van der Waals surface area contributed by atoms with Gasteiger partial charge in [-0.05, 0) is 70.3 Å². The molecule has 0 amide bonds. The third kappa shape index (κ3) is 5.76. The monoisotopic (exact) mass is 327 g/mol. The summed E-state index contributed by atoms with van der Waals surface area (Å²) in [6, 6.07) is 0.540. The van der Waals surface area contributed by atoms with E-state index < -0.39 is 0 Å². The maximum Gasteiger partial charge on any atom is 0.143 e. The Morgan fingerprint density at radius 3 is 2.33 bits per heavy atom. The zero-order valence-electron chi connectivity index (χ0n) is 16.4. The van der Waals surface area contributed by atoms with Gasteiger partial charge >= 0.3 is 0 Å². The zero-order valence-corrected chi connectivity index (χ0v) is 16.4. The smallest absolute Gasteiger partial charge is 0.143 e. The summed E-state index contributed by atoms with van der Waals surface area (Å²) < 4.78 is 0. The van der Waals surface area contributed by atoms with Crippen LogP contribution in [0.2, 0.25) is 0 Å². The van der Waals surface area contributed by atoms with Crippen molar-refractivity contribution < 1.29 is 4.79 Å². The van der Waals surface area contributed by atoms with Crippen LogP contribution in [0.15, 0.2) is 58.7 Å². The first-order valence-electron chi connectivity index (χ1n) is 8.72. The molecule has 1 rings (SSSR count). The van der Waals surface area contributed by atoms with Crippen molar-refractivity contribution in [2.24, 2.45) is 5.41 Å². The predicted octanol–water partition coefficient (Wildman–Crippen LogP) is 5.26. The first-order valence-corrected chi connectivity index (χ1v) is 8.72. The summed E-state index contributed by atoms with van der Waals surface area (Å²) >= 11 is 0. The Labute approximate surface area is 148 Å². The summed E-state index contributed by atoms with van der Waals surface area (Å²) in [6.45, 7) is 11.0. The average molecular weight is 328 g/mol. The van der Waals surface area contributed by atoms with Crippen molar-refractivity contribution >= 4 is 6.29 Å². The van der Waals surface area contributed by atoms with Gasteiger partial charge in [0, 0.05) is 6.04 Å². The molecule has 0 radical (unpaired) electrons. The van der Waals surface area contributed by atoms with Crippen LogP contribution in [0, 0.1) is 5.41 Å². The van der Waals surface area contributed by atoms with Gasteiger partial charge in [0.1, 0.15) is 6.29 Å². The van der Waals surface area contributed by atoms with Crippen LogP contribution in [0.4, 0.5) is 0 Å². The molecular weight excluding hydrogens is 294 g/mol. The number of carbonyl (C=O) groups is 1. The van der Waals surface area contributed by atoms with Crippen LogP contribution < -0.4 is 0 Å². The molecule has 0 aliphatic heterocycles. The van der Waals surface area contributed by atoms with Gasteiger partial charge in [-0.15, -0.1) is 0 Å². The molecule has 0 aromatic rings. The van der Waals surface area contributed by atoms with E-state index in [4.69, 9.17) is 0 Å². The van der Waals surface area contributed by atoms with Gasteiger partial charge in [0.05, 0.1) is 0 Å². The molecule has 0 heterocycles. The highest BCUT2D eigenvalue weighted by atomic mass is 16.1. The van der Waals surface area contributed by atoms with Gasteiger partial charge in [0.2, 0.25) is 0 Å². The number of nitrogens with zero attached hydrogens (tertiary/aromatic N) is 1. The van der Waals surface area contributed by atoms with Gasteiger partial charge in [-0.2, -0.15) is 0 Å². The highest BCUT2D eigenvalue weighted by Gasteiger charge is 2.32. The van der Waals surface area contributed by atoms with Gasteiger partial charge in [-0.3, -0.25) is 4.79 Å². The van der Waals surface area contributed by atoms with E-state index in [0.29, 0.717) is 6.04 Å². The Kier molecular flexibility index (Phi) is 7.62. The van der Waals surface area contributed by atoms with Gasteiger partial charge in [0.15, 0.2) is 0 Å². The lowest BCUT2D eigenvalue weighted by Crippen LogP contribution is -2.36. The van der Waals surface area contributed by atoms with E-state index >= 15 is 0 Å². The molecule has 0 N–H and O–H groups in total. The van der Waals surface area contributed by atoms with Crippen LogP contribution in [-0.4, -0.2) is 31.3 Å². The second-order valence-electron chi connectivity index (χ2n) is 7.65. The summed E-state index contributed by atoms with van der Waals surface area (Å²) in [4.78, 5) is 12.7. The molecule has 0 spiro atoms. The van der Waals surface area contributed by atoms with E-state index in [1.54, 1.807) is 6.08 Å². The van der Waals surface area contributed by atoms with Gasteiger partial charge < -0.3 is 4.90 Å². The van der Waals surface area contributed by atoms with E-state index in [1.165, 1.54) is 29.6 Å². The second kappa shape index (κ2) is 8.98. The lowest BCUT2D eigenvalue weighted by atomic mass is 9.70. The minimum Gasteiger partial charge on any atom is -0.303 e. The Balaban J connectivity index is 2.98. The summed E-state index contributed by atoms with van der Waals surface area (Å²) in [5.41, 5.74) is 5.33. The number of aldehydes is 1. The number of rotatable bonds is 6. The molecule has 2 nitrogen and oxygen atoms in total. The second-order valence-corrected chi connectivity index (χ2v) is 7.65. The largest absolute Gasteiger partial charge is 0.303 e. The van der Waals surface area contributed by atoms with Crippen LogP contribution in [0.1, 0.15) is 47.5 Å². The van der Waals surface area contributed by atoms with Crippen LogP contribution in [-0.2, 0) is 4.79 Å². The van der Waals surface area contributed by atoms with Gasteiger partial charge in [-0.25, -0.2) is 0 Å². The highest BCUT2D eigenvalue weighted by Crippen LogP contribution is 2.42. The van der Waals surface area contributed by atoms with Crippen LogP contribution in [0.5, 0.6) is 0 Å². The normalized spacial score (nSPS) is 22.9. The fraction of sp³-hybridized carbons (Fsp3) is 0.500. The van der Waals surface area contributed by atoms with Crippen molar-refractivity contribution in [1.82, 2.24) is 4.90 Å². The summed E-state index contributed by atoms with van der Waals surface area (Å²) in [5.74, 6) is 0. The zero-order chi connectivity index (χ0) is 18.3.